The van der Waals surface area contributed by atoms with Gasteiger partial charge in [0.2, 0.25) is 0 Å². The van der Waals surface area contributed by atoms with Crippen molar-refractivity contribution in [2.45, 2.75) is 56.9 Å². The summed E-state index contributed by atoms with van der Waals surface area (Å²) in [6.45, 7) is 5.36. The van der Waals surface area contributed by atoms with Crippen molar-refractivity contribution < 1.29 is 13.2 Å². The van der Waals surface area contributed by atoms with Crippen molar-refractivity contribution in [1.29, 1.82) is 0 Å². The maximum atomic E-state index is 13.2. The molecular formula is C25H35N3O3S. The van der Waals surface area contributed by atoms with Crippen LogP contribution in [0.15, 0.2) is 47.4 Å². The number of hydrogen-bond donors (Lipinski definition) is 1. The number of benzene rings is 2. The molecule has 1 fully saturated rings. The van der Waals surface area contributed by atoms with Crippen molar-refractivity contribution in [2.24, 2.45) is 0 Å². The zero-order valence-electron chi connectivity index (χ0n) is 19.6. The predicted molar refractivity (Wildman–Crippen MR) is 130 cm³/mol. The third-order valence-corrected chi connectivity index (χ3v) is 7.64. The lowest BCUT2D eigenvalue weighted by Crippen LogP contribution is -2.44. The molecule has 1 heterocycles. The van der Waals surface area contributed by atoms with Gasteiger partial charge in [-0.3, -0.25) is 9.52 Å². The Morgan fingerprint density at radius 1 is 1.09 bits per heavy atom. The van der Waals surface area contributed by atoms with Crippen molar-refractivity contribution >= 4 is 21.6 Å². The van der Waals surface area contributed by atoms with Gasteiger partial charge in [-0.25, -0.2) is 8.42 Å². The lowest BCUT2D eigenvalue weighted by molar-refractivity contribution is 0.0662. The number of unbranched alkanes of at least 4 members (excludes halogenated alkanes) is 1. The van der Waals surface area contributed by atoms with E-state index in [2.05, 4.69) is 30.6 Å². The van der Waals surface area contributed by atoms with Crippen LogP contribution in [0.3, 0.4) is 0 Å². The highest BCUT2D eigenvalue weighted by molar-refractivity contribution is 7.92. The maximum absolute atomic E-state index is 13.2. The number of nitrogens with one attached hydrogen (secondary N) is 1. The number of aryl methyl sites for hydroxylation is 2. The standard InChI is InChI=1S/C25H35N3O3S/c1-5-6-7-20-9-11-21(12-10-20)26-32(30,31)23-13-8-19(2)24(18-23)25(29)28-16-14-22(15-17-28)27(3)4/h8-13,18,22,26H,5-7,14-17H2,1-4H3. The Bertz CT molecular complexity index is 1020. The summed E-state index contributed by atoms with van der Waals surface area (Å²) >= 11 is 0. The number of rotatable bonds is 8. The average Bonchev–Trinajstić information content (AvgIpc) is 2.78. The lowest BCUT2D eigenvalue weighted by Gasteiger charge is -2.35. The molecule has 0 spiro atoms. The molecule has 6 nitrogen and oxygen atoms in total. The van der Waals surface area contributed by atoms with Gasteiger partial charge in [-0.15, -0.1) is 0 Å². The molecule has 1 saturated heterocycles. The summed E-state index contributed by atoms with van der Waals surface area (Å²) in [6.07, 6.45) is 5.06. The van der Waals surface area contributed by atoms with Crippen molar-refractivity contribution in [3.63, 3.8) is 0 Å². The Hall–Kier alpha value is -2.38. The summed E-state index contributed by atoms with van der Waals surface area (Å²) in [6, 6.07) is 12.7. The number of piperidine rings is 1. The van der Waals surface area contributed by atoms with Gasteiger partial charge >= 0.3 is 0 Å². The molecule has 1 amide bonds. The molecule has 0 aliphatic carbocycles. The monoisotopic (exact) mass is 457 g/mol. The van der Waals surface area contributed by atoms with Gasteiger partial charge in [0, 0.05) is 30.4 Å². The molecule has 1 aliphatic heterocycles. The highest BCUT2D eigenvalue weighted by atomic mass is 32.2. The molecule has 0 saturated carbocycles. The van der Waals surface area contributed by atoms with Gasteiger partial charge in [-0.1, -0.05) is 31.5 Å². The molecule has 1 N–H and O–H groups in total. The number of carbonyl (C=O) groups is 1. The molecule has 7 heteroatoms. The van der Waals surface area contributed by atoms with Gasteiger partial charge in [0.1, 0.15) is 0 Å². The topological polar surface area (TPSA) is 69.7 Å². The van der Waals surface area contributed by atoms with Crippen LogP contribution in [0.4, 0.5) is 5.69 Å². The van der Waals surface area contributed by atoms with Gasteiger partial charge in [0.05, 0.1) is 4.90 Å². The second-order valence-electron chi connectivity index (χ2n) is 8.87. The molecule has 2 aromatic carbocycles. The number of sulfonamides is 1. The molecule has 0 bridgehead atoms. The fourth-order valence-electron chi connectivity index (χ4n) is 4.09. The first kappa shape index (κ1) is 24.3. The predicted octanol–water partition coefficient (Wildman–Crippen LogP) is 4.30. The summed E-state index contributed by atoms with van der Waals surface area (Å²) in [5, 5.41) is 0. The Labute approximate surface area is 192 Å². The Balaban J connectivity index is 1.74. The number of hydrogen-bond acceptors (Lipinski definition) is 4. The minimum absolute atomic E-state index is 0.1000. The largest absolute Gasteiger partial charge is 0.339 e. The van der Waals surface area contributed by atoms with E-state index in [1.165, 1.54) is 11.6 Å². The number of carbonyl (C=O) groups excluding carboxylic acids is 1. The highest BCUT2D eigenvalue weighted by Gasteiger charge is 2.26. The van der Waals surface area contributed by atoms with E-state index in [1.54, 1.807) is 24.3 Å². The molecule has 1 aliphatic rings. The van der Waals surface area contributed by atoms with Crippen LogP contribution in [0.5, 0.6) is 0 Å². The third-order valence-electron chi connectivity index (χ3n) is 6.26. The van der Waals surface area contributed by atoms with Crippen molar-refractivity contribution in [2.75, 3.05) is 31.9 Å². The molecular weight excluding hydrogens is 422 g/mol. The number of amides is 1. The molecule has 0 unspecified atom stereocenters. The highest BCUT2D eigenvalue weighted by Crippen LogP contribution is 2.23. The maximum Gasteiger partial charge on any atom is 0.261 e. The van der Waals surface area contributed by atoms with Crippen LogP contribution in [0, 0.1) is 6.92 Å². The Morgan fingerprint density at radius 3 is 2.34 bits per heavy atom. The van der Waals surface area contributed by atoms with Crippen molar-refractivity contribution in [1.82, 2.24) is 9.80 Å². The molecule has 0 aromatic heterocycles. The minimum Gasteiger partial charge on any atom is -0.339 e. The molecule has 3 rings (SSSR count). The zero-order chi connectivity index (χ0) is 23.3. The minimum atomic E-state index is -3.79. The fourth-order valence-corrected chi connectivity index (χ4v) is 5.17. The first-order chi connectivity index (χ1) is 15.2. The van der Waals surface area contributed by atoms with E-state index in [0.29, 0.717) is 30.4 Å². The Kier molecular flexibility index (Phi) is 7.96. The zero-order valence-corrected chi connectivity index (χ0v) is 20.4. The lowest BCUT2D eigenvalue weighted by atomic mass is 10.0. The van der Waals surface area contributed by atoms with E-state index in [-0.39, 0.29) is 10.8 Å². The van der Waals surface area contributed by atoms with E-state index >= 15 is 0 Å². The summed E-state index contributed by atoms with van der Waals surface area (Å²) < 4.78 is 28.6. The van der Waals surface area contributed by atoms with Crippen LogP contribution in [-0.4, -0.2) is 57.4 Å². The second-order valence-corrected chi connectivity index (χ2v) is 10.6. The quantitative estimate of drug-likeness (QED) is 0.641. The van der Waals surface area contributed by atoms with Crippen LogP contribution in [0.1, 0.15) is 54.1 Å². The van der Waals surface area contributed by atoms with Gasteiger partial charge in [-0.2, -0.15) is 0 Å². The summed E-state index contributed by atoms with van der Waals surface area (Å²) in [7, 11) is 0.330. The van der Waals surface area contributed by atoms with Crippen LogP contribution >= 0.6 is 0 Å². The van der Waals surface area contributed by atoms with E-state index in [9.17, 15) is 13.2 Å². The molecule has 174 valence electrons. The second kappa shape index (κ2) is 10.5. The summed E-state index contributed by atoms with van der Waals surface area (Å²) in [5.74, 6) is -0.1000. The first-order valence-corrected chi connectivity index (χ1v) is 12.9. The number of likely N-dealkylation sites (tertiary alicyclic amines) is 1. The van der Waals surface area contributed by atoms with Gasteiger partial charge in [0.25, 0.3) is 15.9 Å². The summed E-state index contributed by atoms with van der Waals surface area (Å²) in [4.78, 5) is 17.3. The smallest absolute Gasteiger partial charge is 0.261 e. The molecule has 32 heavy (non-hydrogen) atoms. The van der Waals surface area contributed by atoms with Crippen LogP contribution in [0.2, 0.25) is 0 Å². The van der Waals surface area contributed by atoms with Crippen LogP contribution in [-0.2, 0) is 16.4 Å². The van der Waals surface area contributed by atoms with Gasteiger partial charge < -0.3 is 9.80 Å². The fraction of sp³-hybridized carbons (Fsp3) is 0.480. The SMILES string of the molecule is CCCCc1ccc(NS(=O)(=O)c2ccc(C)c(C(=O)N3CCC(N(C)C)CC3)c2)cc1. The van der Waals surface area contributed by atoms with E-state index in [0.717, 1.165) is 37.7 Å². The third kappa shape index (κ3) is 5.90. The van der Waals surface area contributed by atoms with Gasteiger partial charge in [0.15, 0.2) is 0 Å². The molecule has 2 aromatic rings. The van der Waals surface area contributed by atoms with Crippen LogP contribution in [0.25, 0.3) is 0 Å². The Morgan fingerprint density at radius 2 is 1.75 bits per heavy atom. The van der Waals surface area contributed by atoms with Crippen molar-refractivity contribution in [3.05, 3.63) is 59.2 Å². The van der Waals surface area contributed by atoms with Crippen LogP contribution < -0.4 is 4.72 Å². The normalized spacial score (nSPS) is 15.2. The van der Waals surface area contributed by atoms with E-state index in [4.69, 9.17) is 0 Å². The van der Waals surface area contributed by atoms with E-state index in [1.807, 2.05) is 24.0 Å². The van der Waals surface area contributed by atoms with Gasteiger partial charge in [-0.05, 0) is 82.1 Å². The number of nitrogens with zero attached hydrogens (tertiary/aromatic N) is 2. The molecule has 0 radical (unpaired) electrons. The van der Waals surface area contributed by atoms with Crippen molar-refractivity contribution in [3.8, 4) is 0 Å². The number of anilines is 1. The summed E-state index contributed by atoms with van der Waals surface area (Å²) in [5.41, 5.74) is 2.94. The average molecular weight is 458 g/mol. The first-order valence-electron chi connectivity index (χ1n) is 11.4. The van der Waals surface area contributed by atoms with E-state index < -0.39 is 10.0 Å². The molecule has 0 atom stereocenters.